The molecule has 0 radical (unpaired) electrons. The highest BCUT2D eigenvalue weighted by molar-refractivity contribution is 7.15. The zero-order valence-corrected chi connectivity index (χ0v) is 14.0. The average Bonchev–Trinajstić information content (AvgIpc) is 2.94. The maximum Gasteiger partial charge on any atom is 0.186 e. The Morgan fingerprint density at radius 1 is 1.45 bits per heavy atom. The summed E-state index contributed by atoms with van der Waals surface area (Å²) in [5.41, 5.74) is 1.33. The third-order valence-electron chi connectivity index (χ3n) is 3.89. The van der Waals surface area contributed by atoms with Crippen molar-refractivity contribution < 1.29 is 4.74 Å². The van der Waals surface area contributed by atoms with Gasteiger partial charge in [-0.05, 0) is 39.7 Å². The molecule has 2 heterocycles. The molecule has 0 atom stereocenters. The predicted molar refractivity (Wildman–Crippen MR) is 85.5 cm³/mol. The number of rotatable bonds is 7. The first-order valence-corrected chi connectivity index (χ1v) is 8.36. The number of nitrogens with zero attached hydrogens (tertiary/aromatic N) is 2. The smallest absolute Gasteiger partial charge is 0.186 e. The molecule has 114 valence electrons. The largest absolute Gasteiger partial charge is 0.378 e. The Morgan fingerprint density at radius 3 is 2.85 bits per heavy atom. The zero-order chi connectivity index (χ0) is 14.6. The number of thiazole rings is 1. The molecule has 1 fully saturated rings. The predicted octanol–water partition coefficient (Wildman–Crippen LogP) is 3.17. The van der Waals surface area contributed by atoms with Gasteiger partial charge < -0.3 is 15.0 Å². The molecule has 0 saturated carbocycles. The standard InChI is InChI=1S/C15H27N3OS/c1-5-8-16-10-13-12(11-19-4)17-14(20-13)18-9-6-7-15(18,2)3/h16H,5-11H2,1-4H3. The molecule has 0 unspecified atom stereocenters. The first kappa shape index (κ1) is 15.7. The van der Waals surface area contributed by atoms with E-state index in [1.807, 2.05) is 11.3 Å². The number of anilines is 1. The van der Waals surface area contributed by atoms with Crippen LogP contribution >= 0.6 is 11.3 Å². The quantitative estimate of drug-likeness (QED) is 0.784. The van der Waals surface area contributed by atoms with Gasteiger partial charge in [0.15, 0.2) is 5.13 Å². The molecule has 20 heavy (non-hydrogen) atoms. The van der Waals surface area contributed by atoms with Gasteiger partial charge in [0.2, 0.25) is 0 Å². The van der Waals surface area contributed by atoms with Crippen LogP contribution in [-0.4, -0.2) is 30.7 Å². The molecule has 2 rings (SSSR count). The van der Waals surface area contributed by atoms with E-state index < -0.39 is 0 Å². The minimum atomic E-state index is 0.232. The summed E-state index contributed by atoms with van der Waals surface area (Å²) in [5, 5.41) is 4.63. The fraction of sp³-hybridized carbons (Fsp3) is 0.800. The lowest BCUT2D eigenvalue weighted by atomic mass is 10.0. The van der Waals surface area contributed by atoms with E-state index in [0.29, 0.717) is 6.61 Å². The third-order valence-corrected chi connectivity index (χ3v) is 5.01. The van der Waals surface area contributed by atoms with Crippen LogP contribution in [0.1, 0.15) is 50.6 Å². The normalized spacial score (nSPS) is 17.9. The van der Waals surface area contributed by atoms with Crippen molar-refractivity contribution in [2.45, 2.75) is 58.7 Å². The minimum Gasteiger partial charge on any atom is -0.378 e. The highest BCUT2D eigenvalue weighted by Gasteiger charge is 2.34. The van der Waals surface area contributed by atoms with Gasteiger partial charge in [0, 0.05) is 30.6 Å². The third kappa shape index (κ3) is 3.51. The molecular formula is C15H27N3OS. The monoisotopic (exact) mass is 297 g/mol. The fourth-order valence-corrected chi connectivity index (χ4v) is 3.93. The Labute approximate surface area is 126 Å². The fourth-order valence-electron chi connectivity index (χ4n) is 2.71. The van der Waals surface area contributed by atoms with Gasteiger partial charge >= 0.3 is 0 Å². The topological polar surface area (TPSA) is 37.4 Å². The molecular weight excluding hydrogens is 270 g/mol. The van der Waals surface area contributed by atoms with E-state index in [9.17, 15) is 0 Å². The summed E-state index contributed by atoms with van der Waals surface area (Å²) in [7, 11) is 1.74. The van der Waals surface area contributed by atoms with Gasteiger partial charge in [-0.1, -0.05) is 6.92 Å². The molecule has 1 aliphatic heterocycles. The molecule has 4 nitrogen and oxygen atoms in total. The molecule has 1 aromatic heterocycles. The van der Waals surface area contributed by atoms with Gasteiger partial charge in [-0.2, -0.15) is 0 Å². The molecule has 1 aliphatic rings. The van der Waals surface area contributed by atoms with Crippen LogP contribution in [0.4, 0.5) is 5.13 Å². The van der Waals surface area contributed by atoms with Crippen molar-refractivity contribution in [1.29, 1.82) is 0 Å². The van der Waals surface area contributed by atoms with Gasteiger partial charge in [0.25, 0.3) is 0 Å². The van der Waals surface area contributed by atoms with Crippen LogP contribution in [0.15, 0.2) is 0 Å². The van der Waals surface area contributed by atoms with E-state index in [1.54, 1.807) is 7.11 Å². The van der Waals surface area contributed by atoms with Crippen LogP contribution in [0, 0.1) is 0 Å². The average molecular weight is 297 g/mol. The van der Waals surface area contributed by atoms with Gasteiger partial charge in [-0.3, -0.25) is 0 Å². The summed E-state index contributed by atoms with van der Waals surface area (Å²) in [5.74, 6) is 0. The highest BCUT2D eigenvalue weighted by atomic mass is 32.1. The number of aromatic nitrogens is 1. The van der Waals surface area contributed by atoms with Crippen LogP contribution in [0.5, 0.6) is 0 Å². The van der Waals surface area contributed by atoms with Crippen LogP contribution in [0.2, 0.25) is 0 Å². The van der Waals surface area contributed by atoms with Crippen molar-refractivity contribution in [3.8, 4) is 0 Å². The van der Waals surface area contributed by atoms with Crippen LogP contribution < -0.4 is 10.2 Å². The highest BCUT2D eigenvalue weighted by Crippen LogP contribution is 2.37. The summed E-state index contributed by atoms with van der Waals surface area (Å²) in [6.07, 6.45) is 3.66. The van der Waals surface area contributed by atoms with Crippen molar-refractivity contribution >= 4 is 16.5 Å². The first-order chi connectivity index (χ1) is 9.58. The van der Waals surface area contributed by atoms with Crippen molar-refractivity contribution in [2.75, 3.05) is 25.1 Å². The van der Waals surface area contributed by atoms with Gasteiger partial charge in [-0.15, -0.1) is 11.3 Å². The lowest BCUT2D eigenvalue weighted by Gasteiger charge is -2.31. The summed E-state index contributed by atoms with van der Waals surface area (Å²) in [4.78, 5) is 8.61. The molecule has 0 amide bonds. The molecule has 1 saturated heterocycles. The van der Waals surface area contributed by atoms with E-state index in [-0.39, 0.29) is 5.54 Å². The van der Waals surface area contributed by atoms with Crippen LogP contribution in [0.25, 0.3) is 0 Å². The minimum absolute atomic E-state index is 0.232. The van der Waals surface area contributed by atoms with Crippen molar-refractivity contribution in [1.82, 2.24) is 10.3 Å². The number of nitrogens with one attached hydrogen (secondary N) is 1. The molecule has 0 bridgehead atoms. The van der Waals surface area contributed by atoms with Gasteiger partial charge in [0.05, 0.1) is 12.3 Å². The Hall–Kier alpha value is -0.650. The number of ether oxygens (including phenoxy) is 1. The van der Waals surface area contributed by atoms with E-state index in [0.717, 1.165) is 36.9 Å². The number of hydrogen-bond donors (Lipinski definition) is 1. The molecule has 5 heteroatoms. The van der Waals surface area contributed by atoms with Gasteiger partial charge in [-0.25, -0.2) is 4.98 Å². The van der Waals surface area contributed by atoms with E-state index >= 15 is 0 Å². The number of hydrogen-bond acceptors (Lipinski definition) is 5. The van der Waals surface area contributed by atoms with Gasteiger partial charge in [0.1, 0.15) is 0 Å². The van der Waals surface area contributed by atoms with Crippen molar-refractivity contribution in [2.24, 2.45) is 0 Å². The Balaban J connectivity index is 2.15. The summed E-state index contributed by atoms with van der Waals surface area (Å²) >= 11 is 1.82. The Morgan fingerprint density at radius 2 is 2.25 bits per heavy atom. The Bertz CT molecular complexity index is 431. The van der Waals surface area contributed by atoms with E-state index in [1.165, 1.54) is 17.7 Å². The Kier molecular flexibility index (Phi) is 5.41. The maximum atomic E-state index is 5.30. The molecule has 0 aromatic carbocycles. The van der Waals surface area contributed by atoms with Crippen molar-refractivity contribution in [3.63, 3.8) is 0 Å². The molecule has 0 aliphatic carbocycles. The molecule has 0 spiro atoms. The van der Waals surface area contributed by atoms with Crippen LogP contribution in [-0.2, 0) is 17.9 Å². The lowest BCUT2D eigenvalue weighted by molar-refractivity contribution is 0.181. The molecule has 1 aromatic rings. The van der Waals surface area contributed by atoms with Crippen molar-refractivity contribution in [3.05, 3.63) is 10.6 Å². The molecule has 1 N–H and O–H groups in total. The zero-order valence-electron chi connectivity index (χ0n) is 13.2. The summed E-state index contributed by atoms with van der Waals surface area (Å²) in [6, 6.07) is 0. The lowest BCUT2D eigenvalue weighted by Crippen LogP contribution is -2.38. The van der Waals surface area contributed by atoms with E-state index in [2.05, 4.69) is 31.0 Å². The summed E-state index contributed by atoms with van der Waals surface area (Å²) < 4.78 is 5.30. The second-order valence-electron chi connectivity index (χ2n) is 6.04. The number of methoxy groups -OCH3 is 1. The second-order valence-corrected chi connectivity index (χ2v) is 7.11. The first-order valence-electron chi connectivity index (χ1n) is 7.54. The van der Waals surface area contributed by atoms with E-state index in [4.69, 9.17) is 9.72 Å². The second kappa shape index (κ2) is 6.87. The van der Waals surface area contributed by atoms with Crippen LogP contribution in [0.3, 0.4) is 0 Å². The SMILES string of the molecule is CCCNCc1sc(N2CCCC2(C)C)nc1COC. The summed E-state index contributed by atoms with van der Waals surface area (Å²) in [6.45, 7) is 10.5. The maximum absolute atomic E-state index is 5.30.